The minimum absolute atomic E-state index is 0.110. The van der Waals surface area contributed by atoms with Crippen molar-refractivity contribution in [1.29, 1.82) is 0 Å². The predicted molar refractivity (Wildman–Crippen MR) is 137 cm³/mol. The molecule has 0 aliphatic carbocycles. The second-order valence-electron chi connectivity index (χ2n) is 10.1. The van der Waals surface area contributed by atoms with Crippen LogP contribution in [0.1, 0.15) is 53.4 Å². The first-order valence-corrected chi connectivity index (χ1v) is 12.5. The fraction of sp³-hybridized carbons (Fsp3) is 0.536. The van der Waals surface area contributed by atoms with Gasteiger partial charge in [0, 0.05) is 31.4 Å². The van der Waals surface area contributed by atoms with Crippen molar-refractivity contribution in [2.24, 2.45) is 17.6 Å². The largest absolute Gasteiger partial charge is 0.457 e. The number of nitrogens with two attached hydrogens (primary N) is 1. The lowest BCUT2D eigenvalue weighted by Crippen LogP contribution is -2.51. The molecule has 0 saturated carbocycles. The van der Waals surface area contributed by atoms with Gasteiger partial charge in [-0.1, -0.05) is 45.9 Å². The van der Waals surface area contributed by atoms with Crippen molar-refractivity contribution < 1.29 is 9.53 Å². The molecule has 5 nitrogen and oxygen atoms in total. The molecule has 180 valence electrons. The van der Waals surface area contributed by atoms with E-state index in [0.717, 1.165) is 56.8 Å². The molecule has 1 unspecified atom stereocenters. The van der Waals surface area contributed by atoms with Crippen LogP contribution in [-0.4, -0.2) is 42.5 Å². The molecular formula is C28H41N3O2. The summed E-state index contributed by atoms with van der Waals surface area (Å²) < 4.78 is 5.97. The van der Waals surface area contributed by atoms with Gasteiger partial charge < -0.3 is 20.3 Å². The van der Waals surface area contributed by atoms with Crippen molar-refractivity contribution in [2.75, 3.05) is 24.5 Å². The third-order valence-electron chi connectivity index (χ3n) is 6.35. The van der Waals surface area contributed by atoms with Crippen LogP contribution in [0, 0.1) is 11.8 Å². The number of carbonyl (C=O) groups is 1. The second kappa shape index (κ2) is 12.1. The highest BCUT2D eigenvalue weighted by molar-refractivity contribution is 5.81. The van der Waals surface area contributed by atoms with Crippen LogP contribution in [0.25, 0.3) is 0 Å². The molecule has 1 amide bonds. The van der Waals surface area contributed by atoms with Gasteiger partial charge in [0.1, 0.15) is 11.5 Å². The van der Waals surface area contributed by atoms with Crippen molar-refractivity contribution >= 4 is 11.6 Å². The summed E-state index contributed by atoms with van der Waals surface area (Å²) in [6.45, 7) is 11.3. The smallest absolute Gasteiger partial charge is 0.239 e. The lowest BCUT2D eigenvalue weighted by Gasteiger charge is -2.41. The number of piperidine rings is 1. The standard InChI is InChI=1S/C28H41N3O2/c1-21(2)14-19-31(23-10-12-26(13-11-23)33-25-8-6-5-7-9-25)24-15-17-30(18-16-24)28(32)27(29)20-22(3)4/h5-13,21-22,24,27H,14-20,29H2,1-4H3. The number of likely N-dealkylation sites (tertiary alicyclic amines) is 1. The molecule has 1 saturated heterocycles. The van der Waals surface area contributed by atoms with Crippen molar-refractivity contribution in [3.8, 4) is 11.5 Å². The van der Waals surface area contributed by atoms with Gasteiger partial charge >= 0.3 is 0 Å². The predicted octanol–water partition coefficient (Wildman–Crippen LogP) is 5.70. The van der Waals surface area contributed by atoms with Gasteiger partial charge in [0.25, 0.3) is 0 Å². The molecule has 1 heterocycles. The molecule has 33 heavy (non-hydrogen) atoms. The van der Waals surface area contributed by atoms with Gasteiger partial charge in [-0.2, -0.15) is 0 Å². The summed E-state index contributed by atoms with van der Waals surface area (Å²) in [5.74, 6) is 2.87. The topological polar surface area (TPSA) is 58.8 Å². The summed E-state index contributed by atoms with van der Waals surface area (Å²) in [4.78, 5) is 17.3. The van der Waals surface area contributed by atoms with E-state index < -0.39 is 0 Å². The van der Waals surface area contributed by atoms with Gasteiger partial charge in [0.2, 0.25) is 5.91 Å². The third-order valence-corrected chi connectivity index (χ3v) is 6.35. The molecule has 3 rings (SSSR count). The summed E-state index contributed by atoms with van der Waals surface area (Å²) >= 11 is 0. The molecule has 2 aromatic rings. The van der Waals surface area contributed by atoms with Crippen LogP contribution in [0.4, 0.5) is 5.69 Å². The fourth-order valence-corrected chi connectivity index (χ4v) is 4.49. The zero-order valence-electron chi connectivity index (χ0n) is 20.7. The Bertz CT molecular complexity index is 843. The van der Waals surface area contributed by atoms with Crippen molar-refractivity contribution in [2.45, 2.75) is 65.5 Å². The number of hydrogen-bond donors (Lipinski definition) is 1. The van der Waals surface area contributed by atoms with Crippen LogP contribution in [0.15, 0.2) is 54.6 Å². The first-order chi connectivity index (χ1) is 15.8. The van der Waals surface area contributed by atoms with E-state index in [1.54, 1.807) is 0 Å². The number of nitrogens with zero attached hydrogens (tertiary/aromatic N) is 2. The second-order valence-corrected chi connectivity index (χ2v) is 10.1. The zero-order valence-corrected chi connectivity index (χ0v) is 20.7. The van der Waals surface area contributed by atoms with Crippen LogP contribution >= 0.6 is 0 Å². The monoisotopic (exact) mass is 451 g/mol. The van der Waals surface area contributed by atoms with Crippen molar-refractivity contribution in [3.05, 3.63) is 54.6 Å². The Hall–Kier alpha value is -2.53. The summed E-state index contributed by atoms with van der Waals surface area (Å²) in [5.41, 5.74) is 7.39. The van der Waals surface area contributed by atoms with Crippen molar-refractivity contribution in [1.82, 2.24) is 4.90 Å². The van der Waals surface area contributed by atoms with E-state index in [-0.39, 0.29) is 11.9 Å². The molecule has 0 aromatic heterocycles. The van der Waals surface area contributed by atoms with Crippen molar-refractivity contribution in [3.63, 3.8) is 0 Å². The molecule has 0 radical (unpaired) electrons. The van der Waals surface area contributed by atoms with Crippen LogP contribution in [0.2, 0.25) is 0 Å². The normalized spacial score (nSPS) is 15.7. The molecular weight excluding hydrogens is 410 g/mol. The quantitative estimate of drug-likeness (QED) is 0.504. The lowest BCUT2D eigenvalue weighted by atomic mass is 9.98. The van der Waals surface area contributed by atoms with E-state index in [9.17, 15) is 4.79 Å². The Balaban J connectivity index is 1.64. The summed E-state index contributed by atoms with van der Waals surface area (Å²) in [6, 6.07) is 18.3. The number of carbonyl (C=O) groups excluding carboxylic acids is 1. The van der Waals surface area contributed by atoms with Crippen LogP contribution in [0.3, 0.4) is 0 Å². The van der Waals surface area contributed by atoms with E-state index in [2.05, 4.69) is 44.7 Å². The number of benzene rings is 2. The average molecular weight is 452 g/mol. The highest BCUT2D eigenvalue weighted by Crippen LogP contribution is 2.29. The number of hydrogen-bond acceptors (Lipinski definition) is 4. The fourth-order valence-electron chi connectivity index (χ4n) is 4.49. The van der Waals surface area contributed by atoms with Crippen LogP contribution in [-0.2, 0) is 4.79 Å². The Labute approximate surface area is 199 Å². The van der Waals surface area contributed by atoms with Gasteiger partial charge in [-0.05, 0) is 73.9 Å². The maximum absolute atomic E-state index is 12.8. The molecule has 1 aliphatic rings. The van der Waals surface area contributed by atoms with Gasteiger partial charge in [0.05, 0.1) is 6.04 Å². The molecule has 0 spiro atoms. The number of rotatable bonds is 10. The molecule has 2 aromatic carbocycles. The maximum atomic E-state index is 12.8. The number of anilines is 1. The molecule has 1 fully saturated rings. The molecule has 5 heteroatoms. The van der Waals surface area contributed by atoms with Gasteiger partial charge in [-0.25, -0.2) is 0 Å². The van der Waals surface area contributed by atoms with Gasteiger partial charge in [-0.15, -0.1) is 0 Å². The van der Waals surface area contributed by atoms with Crippen LogP contribution in [0.5, 0.6) is 11.5 Å². The van der Waals surface area contributed by atoms with E-state index in [4.69, 9.17) is 10.5 Å². The molecule has 0 bridgehead atoms. The minimum Gasteiger partial charge on any atom is -0.457 e. The Kier molecular flexibility index (Phi) is 9.19. The first-order valence-electron chi connectivity index (χ1n) is 12.5. The Morgan fingerprint density at radius 1 is 0.970 bits per heavy atom. The van der Waals surface area contributed by atoms with E-state index in [1.807, 2.05) is 47.4 Å². The first kappa shape index (κ1) is 25.1. The average Bonchev–Trinajstić information content (AvgIpc) is 2.80. The summed E-state index contributed by atoms with van der Waals surface area (Å²) in [5, 5.41) is 0. The van der Waals surface area contributed by atoms with E-state index in [0.29, 0.717) is 17.9 Å². The Morgan fingerprint density at radius 3 is 2.15 bits per heavy atom. The van der Waals surface area contributed by atoms with Gasteiger partial charge in [-0.3, -0.25) is 4.79 Å². The number of amides is 1. The lowest BCUT2D eigenvalue weighted by molar-refractivity contribution is -0.134. The number of para-hydroxylation sites is 1. The van der Waals surface area contributed by atoms with E-state index in [1.165, 1.54) is 5.69 Å². The minimum atomic E-state index is -0.379. The Morgan fingerprint density at radius 2 is 1.58 bits per heavy atom. The summed E-state index contributed by atoms with van der Waals surface area (Å²) in [6.07, 6.45) is 3.83. The highest BCUT2D eigenvalue weighted by Gasteiger charge is 2.29. The maximum Gasteiger partial charge on any atom is 0.239 e. The third kappa shape index (κ3) is 7.50. The number of ether oxygens (including phenoxy) is 1. The van der Waals surface area contributed by atoms with E-state index >= 15 is 0 Å². The molecule has 1 atom stereocenters. The summed E-state index contributed by atoms with van der Waals surface area (Å²) in [7, 11) is 0. The molecule has 2 N–H and O–H groups in total. The zero-order chi connectivity index (χ0) is 23.8. The van der Waals surface area contributed by atoms with Crippen LogP contribution < -0.4 is 15.4 Å². The highest BCUT2D eigenvalue weighted by atomic mass is 16.5. The van der Waals surface area contributed by atoms with Gasteiger partial charge in [0.15, 0.2) is 0 Å². The SMILES string of the molecule is CC(C)CCN(c1ccc(Oc2ccccc2)cc1)C1CCN(C(=O)C(N)CC(C)C)CC1. The molecule has 1 aliphatic heterocycles.